The molecule has 2 heterocycles. The maximum atomic E-state index is 12.3. The summed E-state index contributed by atoms with van der Waals surface area (Å²) in [5.41, 5.74) is 2.44. The van der Waals surface area contributed by atoms with Crippen LogP contribution >= 0.6 is 11.6 Å². The quantitative estimate of drug-likeness (QED) is 0.731. The van der Waals surface area contributed by atoms with Gasteiger partial charge in [-0.2, -0.15) is 0 Å². The number of fused-ring (bicyclic) bond motifs is 1. The molecule has 0 saturated heterocycles. The van der Waals surface area contributed by atoms with E-state index in [1.54, 1.807) is 25.1 Å². The second-order valence-corrected chi connectivity index (χ2v) is 5.00. The molecule has 0 aliphatic carbocycles. The van der Waals surface area contributed by atoms with E-state index in [-0.39, 0.29) is 5.91 Å². The van der Waals surface area contributed by atoms with E-state index in [1.165, 1.54) is 0 Å². The first-order chi connectivity index (χ1) is 10.1. The number of rotatable bonds is 2. The molecule has 0 aliphatic rings. The molecule has 0 atom stereocenters. The highest BCUT2D eigenvalue weighted by Gasteiger charge is 2.10. The molecule has 3 rings (SSSR count). The maximum absolute atomic E-state index is 12.3. The van der Waals surface area contributed by atoms with Gasteiger partial charge < -0.3 is 5.32 Å². The molecule has 0 spiro atoms. The number of amides is 1. The van der Waals surface area contributed by atoms with Crippen LogP contribution in [0.5, 0.6) is 0 Å². The van der Waals surface area contributed by atoms with Crippen molar-refractivity contribution in [2.24, 2.45) is 0 Å². The van der Waals surface area contributed by atoms with Gasteiger partial charge in [-0.05, 0) is 31.2 Å². The van der Waals surface area contributed by atoms with E-state index in [0.717, 1.165) is 10.9 Å². The Morgan fingerprint density at radius 2 is 1.86 bits per heavy atom. The minimum absolute atomic E-state index is 0.270. The van der Waals surface area contributed by atoms with Gasteiger partial charge in [-0.3, -0.25) is 4.79 Å². The van der Waals surface area contributed by atoms with E-state index in [9.17, 15) is 4.79 Å². The molecule has 4 nitrogen and oxygen atoms in total. The Hall–Kier alpha value is -2.46. The number of nitrogens with zero attached hydrogens (tertiary/aromatic N) is 2. The van der Waals surface area contributed by atoms with Crippen LogP contribution in [0, 0.1) is 6.92 Å². The zero-order valence-corrected chi connectivity index (χ0v) is 12.1. The summed E-state index contributed by atoms with van der Waals surface area (Å²) in [6.07, 6.45) is 0. The van der Waals surface area contributed by atoms with Gasteiger partial charge in [0.15, 0.2) is 0 Å². The van der Waals surface area contributed by atoms with Gasteiger partial charge >= 0.3 is 0 Å². The molecule has 21 heavy (non-hydrogen) atoms. The first-order valence-corrected chi connectivity index (χ1v) is 6.81. The number of para-hydroxylation sites is 1. The maximum Gasteiger partial charge on any atom is 0.274 e. The minimum atomic E-state index is -0.270. The number of aryl methyl sites for hydroxylation is 1. The third kappa shape index (κ3) is 2.85. The zero-order chi connectivity index (χ0) is 14.8. The van der Waals surface area contributed by atoms with E-state index >= 15 is 0 Å². The average molecular weight is 298 g/mol. The van der Waals surface area contributed by atoms with E-state index in [0.29, 0.717) is 22.2 Å². The van der Waals surface area contributed by atoms with E-state index in [2.05, 4.69) is 15.3 Å². The van der Waals surface area contributed by atoms with Crippen molar-refractivity contribution in [1.82, 2.24) is 9.97 Å². The van der Waals surface area contributed by atoms with E-state index in [1.807, 2.05) is 30.3 Å². The molecule has 5 heteroatoms. The number of carbonyl (C=O) groups excluding carboxylic acids is 1. The molecule has 1 N–H and O–H groups in total. The highest BCUT2D eigenvalue weighted by atomic mass is 35.5. The third-order valence-electron chi connectivity index (χ3n) is 3.13. The molecular formula is C16H12ClN3O. The normalized spacial score (nSPS) is 10.6. The SMILES string of the molecule is Cc1nc(Cl)ccc1NC(=O)c1ccc2ccccc2n1. The van der Waals surface area contributed by atoms with Crippen LogP contribution in [0.4, 0.5) is 5.69 Å². The fraction of sp³-hybridized carbons (Fsp3) is 0.0625. The van der Waals surface area contributed by atoms with Gasteiger partial charge in [0.2, 0.25) is 0 Å². The Balaban J connectivity index is 1.89. The largest absolute Gasteiger partial charge is 0.319 e. The number of hydrogen-bond acceptors (Lipinski definition) is 3. The van der Waals surface area contributed by atoms with Gasteiger partial charge in [-0.15, -0.1) is 0 Å². The summed E-state index contributed by atoms with van der Waals surface area (Å²) in [6, 6.07) is 14.6. The Bertz CT molecular complexity index is 833. The van der Waals surface area contributed by atoms with Crippen molar-refractivity contribution < 1.29 is 4.79 Å². The number of nitrogens with one attached hydrogen (secondary N) is 1. The van der Waals surface area contributed by atoms with E-state index < -0.39 is 0 Å². The summed E-state index contributed by atoms with van der Waals surface area (Å²) in [5, 5.41) is 4.19. The van der Waals surface area contributed by atoms with Gasteiger partial charge in [0.1, 0.15) is 10.8 Å². The molecule has 0 radical (unpaired) electrons. The number of carbonyl (C=O) groups is 1. The summed E-state index contributed by atoms with van der Waals surface area (Å²) < 4.78 is 0. The van der Waals surface area contributed by atoms with E-state index in [4.69, 9.17) is 11.6 Å². The van der Waals surface area contributed by atoms with Gasteiger partial charge in [-0.25, -0.2) is 9.97 Å². The number of aromatic nitrogens is 2. The molecule has 0 bridgehead atoms. The highest BCUT2D eigenvalue weighted by molar-refractivity contribution is 6.29. The number of benzene rings is 1. The molecule has 1 amide bonds. The van der Waals surface area contributed by atoms with Crippen LogP contribution in [0.1, 0.15) is 16.2 Å². The Morgan fingerprint density at radius 1 is 1.05 bits per heavy atom. The lowest BCUT2D eigenvalue weighted by molar-refractivity contribution is 0.102. The smallest absolute Gasteiger partial charge is 0.274 e. The van der Waals surface area contributed by atoms with Crippen LogP contribution in [0.25, 0.3) is 10.9 Å². The fourth-order valence-corrected chi connectivity index (χ4v) is 2.23. The summed E-state index contributed by atoms with van der Waals surface area (Å²) in [6.45, 7) is 1.79. The van der Waals surface area contributed by atoms with Crippen LogP contribution < -0.4 is 5.32 Å². The molecular weight excluding hydrogens is 286 g/mol. The third-order valence-corrected chi connectivity index (χ3v) is 3.34. The lowest BCUT2D eigenvalue weighted by Crippen LogP contribution is -2.14. The van der Waals surface area contributed by atoms with Crippen molar-refractivity contribution in [3.05, 3.63) is 65.1 Å². The predicted molar refractivity (Wildman–Crippen MR) is 83.7 cm³/mol. The van der Waals surface area contributed by atoms with Crippen molar-refractivity contribution in [3.8, 4) is 0 Å². The fourth-order valence-electron chi connectivity index (χ4n) is 2.04. The first-order valence-electron chi connectivity index (χ1n) is 6.44. The molecule has 0 unspecified atom stereocenters. The monoisotopic (exact) mass is 297 g/mol. The molecule has 0 aliphatic heterocycles. The first kappa shape index (κ1) is 13.5. The molecule has 104 valence electrons. The Labute approximate surface area is 126 Å². The second kappa shape index (κ2) is 5.50. The number of pyridine rings is 2. The summed E-state index contributed by atoms with van der Waals surface area (Å²) in [5.74, 6) is -0.270. The molecule has 0 fully saturated rings. The van der Waals surface area contributed by atoms with Crippen molar-refractivity contribution in [2.45, 2.75) is 6.92 Å². The second-order valence-electron chi connectivity index (χ2n) is 4.61. The van der Waals surface area contributed by atoms with Crippen molar-refractivity contribution in [3.63, 3.8) is 0 Å². The zero-order valence-electron chi connectivity index (χ0n) is 11.3. The summed E-state index contributed by atoms with van der Waals surface area (Å²) in [4.78, 5) is 20.7. The number of anilines is 1. The van der Waals surface area contributed by atoms with Crippen molar-refractivity contribution in [1.29, 1.82) is 0 Å². The summed E-state index contributed by atoms with van der Waals surface area (Å²) >= 11 is 5.80. The lowest BCUT2D eigenvalue weighted by atomic mass is 10.2. The Morgan fingerprint density at radius 3 is 2.67 bits per heavy atom. The molecule has 0 saturated carbocycles. The molecule has 1 aromatic carbocycles. The lowest BCUT2D eigenvalue weighted by Gasteiger charge is -2.08. The van der Waals surface area contributed by atoms with Crippen LogP contribution in [-0.2, 0) is 0 Å². The van der Waals surface area contributed by atoms with Gasteiger partial charge in [0.05, 0.1) is 16.9 Å². The van der Waals surface area contributed by atoms with Crippen LogP contribution in [-0.4, -0.2) is 15.9 Å². The number of halogens is 1. The summed E-state index contributed by atoms with van der Waals surface area (Å²) in [7, 11) is 0. The standard InChI is InChI=1S/C16H12ClN3O/c1-10-12(8-9-15(17)18-10)20-16(21)14-7-6-11-4-2-3-5-13(11)19-14/h2-9H,1H3,(H,20,21). The average Bonchev–Trinajstić information content (AvgIpc) is 2.49. The van der Waals surface area contributed by atoms with Gasteiger partial charge in [0.25, 0.3) is 5.91 Å². The minimum Gasteiger partial charge on any atom is -0.319 e. The topological polar surface area (TPSA) is 54.9 Å². The predicted octanol–water partition coefficient (Wildman–Crippen LogP) is 3.84. The van der Waals surface area contributed by atoms with Gasteiger partial charge in [0, 0.05) is 5.39 Å². The van der Waals surface area contributed by atoms with Gasteiger partial charge in [-0.1, -0.05) is 35.9 Å². The number of hydrogen-bond donors (Lipinski definition) is 1. The van der Waals surface area contributed by atoms with Crippen LogP contribution in [0.2, 0.25) is 5.15 Å². The van der Waals surface area contributed by atoms with Crippen LogP contribution in [0.3, 0.4) is 0 Å². The van der Waals surface area contributed by atoms with Crippen molar-refractivity contribution in [2.75, 3.05) is 5.32 Å². The highest BCUT2D eigenvalue weighted by Crippen LogP contribution is 2.17. The molecule has 3 aromatic rings. The molecule has 2 aromatic heterocycles. The Kier molecular flexibility index (Phi) is 3.54. The van der Waals surface area contributed by atoms with Crippen LogP contribution in [0.15, 0.2) is 48.5 Å². The van der Waals surface area contributed by atoms with Crippen molar-refractivity contribution >= 4 is 34.1 Å².